The van der Waals surface area contributed by atoms with E-state index in [1.165, 1.54) is 19.3 Å². The van der Waals surface area contributed by atoms with Gasteiger partial charge >= 0.3 is 5.24 Å². The van der Waals surface area contributed by atoms with E-state index in [2.05, 4.69) is 11.4 Å². The van der Waals surface area contributed by atoms with Crippen molar-refractivity contribution in [2.24, 2.45) is 11.7 Å². The van der Waals surface area contributed by atoms with E-state index in [0.717, 1.165) is 23.6 Å². The smallest absolute Gasteiger partial charge is 0.349 e. The van der Waals surface area contributed by atoms with Crippen LogP contribution in [0.25, 0.3) is 0 Å². The lowest BCUT2D eigenvalue weighted by atomic mass is 9.85. The molecule has 0 aromatic rings. The Morgan fingerprint density at radius 3 is 2.32 bits per heavy atom. The number of nitrogens with two attached hydrogens (primary N) is 1. The molecule has 0 bridgehead atoms. The van der Waals surface area contributed by atoms with Gasteiger partial charge in [0.05, 0.1) is 6.07 Å². The van der Waals surface area contributed by atoms with Crippen LogP contribution in [0.1, 0.15) is 57.8 Å². The van der Waals surface area contributed by atoms with Gasteiger partial charge in [0, 0.05) is 19.5 Å². The minimum Gasteiger partial charge on any atom is -0.355 e. The zero-order valence-corrected chi connectivity index (χ0v) is 15.2. The Morgan fingerprint density at radius 1 is 1.20 bits per heavy atom. The van der Waals surface area contributed by atoms with Crippen LogP contribution in [0.5, 0.6) is 0 Å². The summed E-state index contributed by atoms with van der Waals surface area (Å²) in [5, 5.41) is 10.9. The summed E-state index contributed by atoms with van der Waals surface area (Å²) in [5.41, 5.74) is 3.81. The van der Waals surface area contributed by atoms with Gasteiger partial charge in [0.25, 0.3) is 10.0 Å². The molecule has 0 aromatic heterocycles. The summed E-state index contributed by atoms with van der Waals surface area (Å²) in [7, 11) is -4.16. The predicted octanol–water partition coefficient (Wildman–Crippen LogP) is 1.23. The lowest BCUT2D eigenvalue weighted by Crippen LogP contribution is -2.56. The van der Waals surface area contributed by atoms with Crippen LogP contribution in [0, 0.1) is 17.2 Å². The van der Waals surface area contributed by atoms with E-state index in [9.17, 15) is 23.3 Å². The molecule has 0 atom stereocenters. The summed E-state index contributed by atoms with van der Waals surface area (Å²) in [6.07, 6.45) is 7.54. The maximum atomic E-state index is 12.2. The third-order valence-corrected chi connectivity index (χ3v) is 6.82. The second kappa shape index (κ2) is 8.15. The van der Waals surface area contributed by atoms with Crippen molar-refractivity contribution in [2.75, 3.05) is 13.1 Å². The van der Waals surface area contributed by atoms with Crippen LogP contribution in [0.4, 0.5) is 4.79 Å². The van der Waals surface area contributed by atoms with Gasteiger partial charge in [-0.1, -0.05) is 32.1 Å². The van der Waals surface area contributed by atoms with Crippen LogP contribution in [0.3, 0.4) is 0 Å². The average molecular weight is 370 g/mol. The van der Waals surface area contributed by atoms with E-state index in [-0.39, 0.29) is 31.8 Å². The SMILES string of the molecule is N#CC1(NC(=O)CCC2CCCCC2)CCN(S(=O)(=O)C(N)=O)CC1. The van der Waals surface area contributed by atoms with Crippen molar-refractivity contribution in [3.63, 3.8) is 0 Å². The lowest BCUT2D eigenvalue weighted by Gasteiger charge is -2.36. The van der Waals surface area contributed by atoms with Crippen LogP contribution in [0.15, 0.2) is 0 Å². The van der Waals surface area contributed by atoms with Crippen molar-refractivity contribution in [2.45, 2.75) is 63.3 Å². The first-order valence-corrected chi connectivity index (χ1v) is 10.2. The quantitative estimate of drug-likeness (QED) is 0.751. The van der Waals surface area contributed by atoms with Gasteiger partial charge in [0.1, 0.15) is 5.54 Å². The fourth-order valence-electron chi connectivity index (χ4n) is 3.64. The van der Waals surface area contributed by atoms with Gasteiger partial charge in [0.15, 0.2) is 0 Å². The maximum absolute atomic E-state index is 12.2. The van der Waals surface area contributed by atoms with E-state index in [1.807, 2.05) is 0 Å². The number of carbonyl (C=O) groups is 2. The van der Waals surface area contributed by atoms with Gasteiger partial charge in [-0.25, -0.2) is 8.42 Å². The van der Waals surface area contributed by atoms with E-state index in [0.29, 0.717) is 12.3 Å². The molecular formula is C16H26N4O4S. The molecule has 9 heteroatoms. The number of nitrogens with one attached hydrogen (secondary N) is 1. The van der Waals surface area contributed by atoms with Crippen molar-refractivity contribution in [1.29, 1.82) is 5.26 Å². The number of rotatable bonds is 5. The number of piperidine rings is 1. The van der Waals surface area contributed by atoms with E-state index in [1.54, 1.807) is 0 Å². The number of carbonyl (C=O) groups excluding carboxylic acids is 2. The highest BCUT2D eigenvalue weighted by atomic mass is 32.2. The Balaban J connectivity index is 1.86. The second-order valence-corrected chi connectivity index (χ2v) is 8.88. The Labute approximate surface area is 148 Å². The summed E-state index contributed by atoms with van der Waals surface area (Å²) in [4.78, 5) is 23.3. The Kier molecular flexibility index (Phi) is 6.41. The predicted molar refractivity (Wildman–Crippen MR) is 91.6 cm³/mol. The van der Waals surface area contributed by atoms with Crippen LogP contribution in [0.2, 0.25) is 0 Å². The Hall–Kier alpha value is -1.66. The minimum atomic E-state index is -4.16. The van der Waals surface area contributed by atoms with E-state index in [4.69, 9.17) is 5.73 Å². The highest BCUT2D eigenvalue weighted by Crippen LogP contribution is 2.28. The summed E-state index contributed by atoms with van der Waals surface area (Å²) >= 11 is 0. The third-order valence-electron chi connectivity index (χ3n) is 5.27. The monoisotopic (exact) mass is 370 g/mol. The molecule has 0 spiro atoms. The molecule has 1 aliphatic carbocycles. The van der Waals surface area contributed by atoms with Crippen LogP contribution in [-0.4, -0.2) is 42.5 Å². The number of primary amides is 1. The van der Waals surface area contributed by atoms with Crippen LogP contribution < -0.4 is 11.1 Å². The molecule has 8 nitrogen and oxygen atoms in total. The highest BCUT2D eigenvalue weighted by Gasteiger charge is 2.41. The first kappa shape index (κ1) is 19.7. The first-order valence-electron chi connectivity index (χ1n) is 8.81. The zero-order chi connectivity index (χ0) is 18.5. The molecule has 25 heavy (non-hydrogen) atoms. The summed E-state index contributed by atoms with van der Waals surface area (Å²) in [6, 6.07) is 2.12. The normalized spacial score (nSPS) is 22.0. The Bertz CT molecular complexity index is 642. The van der Waals surface area contributed by atoms with Gasteiger partial charge < -0.3 is 11.1 Å². The molecular weight excluding hydrogens is 344 g/mol. The summed E-state index contributed by atoms with van der Waals surface area (Å²) in [6.45, 7) is -0.0243. The molecule has 2 fully saturated rings. The molecule has 0 unspecified atom stereocenters. The molecule has 1 saturated heterocycles. The number of sulfonamides is 1. The van der Waals surface area contributed by atoms with Crippen molar-refractivity contribution in [3.05, 3.63) is 0 Å². The van der Waals surface area contributed by atoms with Crippen molar-refractivity contribution in [1.82, 2.24) is 9.62 Å². The fraction of sp³-hybridized carbons (Fsp3) is 0.812. The number of nitriles is 1. The average Bonchev–Trinajstić information content (AvgIpc) is 2.61. The van der Waals surface area contributed by atoms with Gasteiger partial charge in [0.2, 0.25) is 5.91 Å². The summed E-state index contributed by atoms with van der Waals surface area (Å²) in [5.74, 6) is 0.415. The zero-order valence-electron chi connectivity index (χ0n) is 14.4. The number of hydrogen-bond donors (Lipinski definition) is 2. The van der Waals surface area contributed by atoms with Gasteiger partial charge in [-0.15, -0.1) is 0 Å². The van der Waals surface area contributed by atoms with Crippen LogP contribution >= 0.6 is 0 Å². The molecule has 0 radical (unpaired) electrons. The third kappa shape index (κ3) is 4.92. The van der Waals surface area contributed by atoms with E-state index >= 15 is 0 Å². The number of nitrogens with zero attached hydrogens (tertiary/aromatic N) is 2. The molecule has 3 N–H and O–H groups in total. The topological polar surface area (TPSA) is 133 Å². The van der Waals surface area contributed by atoms with Crippen molar-refractivity contribution in [3.8, 4) is 6.07 Å². The largest absolute Gasteiger partial charge is 0.355 e. The molecule has 2 rings (SSSR count). The summed E-state index contributed by atoms with van der Waals surface area (Å²) < 4.78 is 24.5. The van der Waals surface area contributed by atoms with Crippen molar-refractivity contribution < 1.29 is 18.0 Å². The lowest BCUT2D eigenvalue weighted by molar-refractivity contribution is -0.123. The van der Waals surface area contributed by atoms with Crippen LogP contribution in [-0.2, 0) is 14.8 Å². The molecule has 1 aliphatic heterocycles. The second-order valence-electron chi connectivity index (χ2n) is 7.01. The molecule has 0 aromatic carbocycles. The Morgan fingerprint density at radius 2 is 1.80 bits per heavy atom. The molecule has 1 saturated carbocycles. The molecule has 2 aliphatic rings. The van der Waals surface area contributed by atoms with Gasteiger partial charge in [-0.3, -0.25) is 9.59 Å². The standard InChI is InChI=1S/C16H26N4O4S/c17-12-16(8-10-20(11-9-16)25(23,24)15(18)22)19-14(21)7-6-13-4-2-1-3-5-13/h13H,1-11H2,(H2,18,22)(H,19,21). The molecule has 140 valence electrons. The molecule has 2 amide bonds. The van der Waals surface area contributed by atoms with E-state index < -0.39 is 20.8 Å². The molecule has 1 heterocycles. The number of hydrogen-bond acceptors (Lipinski definition) is 5. The number of amides is 2. The highest BCUT2D eigenvalue weighted by molar-refractivity contribution is 8.03. The van der Waals surface area contributed by atoms with Gasteiger partial charge in [-0.05, 0) is 25.2 Å². The van der Waals surface area contributed by atoms with Crippen molar-refractivity contribution >= 4 is 21.2 Å². The fourth-order valence-corrected chi connectivity index (χ4v) is 4.56. The maximum Gasteiger partial charge on any atom is 0.349 e. The first-order chi connectivity index (χ1) is 11.8. The minimum absolute atomic E-state index is 0.0122. The van der Waals surface area contributed by atoms with Gasteiger partial charge in [-0.2, -0.15) is 9.57 Å².